The standard InChI is InChI=1S/C19H23NO3/c1-13-5-6-16(11-14(13)2)19(21)20-15(3)12-23-18-9-7-17(22-4)8-10-18/h5-11,15H,12H2,1-4H3,(H,20,21)/t15-/m1/s1. The maximum atomic E-state index is 12.2. The molecule has 2 aromatic rings. The first-order valence-corrected chi connectivity index (χ1v) is 7.64. The number of aryl methyl sites for hydroxylation is 2. The van der Waals surface area contributed by atoms with Crippen molar-refractivity contribution < 1.29 is 14.3 Å². The molecule has 0 spiro atoms. The largest absolute Gasteiger partial charge is 0.497 e. The van der Waals surface area contributed by atoms with Gasteiger partial charge in [0.05, 0.1) is 13.2 Å². The summed E-state index contributed by atoms with van der Waals surface area (Å²) in [6.45, 7) is 6.36. The van der Waals surface area contributed by atoms with E-state index < -0.39 is 0 Å². The molecule has 2 aromatic carbocycles. The second kappa shape index (κ2) is 7.68. The molecule has 0 aliphatic carbocycles. The van der Waals surface area contributed by atoms with Crippen LogP contribution in [0.3, 0.4) is 0 Å². The fraction of sp³-hybridized carbons (Fsp3) is 0.316. The van der Waals surface area contributed by atoms with E-state index in [0.717, 1.165) is 17.1 Å². The van der Waals surface area contributed by atoms with Crippen molar-refractivity contribution in [2.24, 2.45) is 0 Å². The normalized spacial score (nSPS) is 11.7. The highest BCUT2D eigenvalue weighted by atomic mass is 16.5. The molecule has 1 amide bonds. The molecule has 0 aromatic heterocycles. The molecule has 4 nitrogen and oxygen atoms in total. The first kappa shape index (κ1) is 16.9. The van der Waals surface area contributed by atoms with Crippen LogP contribution in [0.5, 0.6) is 11.5 Å². The number of methoxy groups -OCH3 is 1. The Labute approximate surface area is 137 Å². The summed E-state index contributed by atoms with van der Waals surface area (Å²) in [5, 5.41) is 2.95. The van der Waals surface area contributed by atoms with E-state index in [1.165, 1.54) is 5.56 Å². The fourth-order valence-corrected chi connectivity index (χ4v) is 2.12. The minimum absolute atomic E-state index is 0.0843. The van der Waals surface area contributed by atoms with Crippen LogP contribution in [0.4, 0.5) is 0 Å². The number of ether oxygens (including phenoxy) is 2. The van der Waals surface area contributed by atoms with Crippen LogP contribution >= 0.6 is 0 Å². The Morgan fingerprint density at radius 2 is 1.70 bits per heavy atom. The molecule has 0 aliphatic rings. The third kappa shape index (κ3) is 4.74. The number of rotatable bonds is 6. The van der Waals surface area contributed by atoms with E-state index >= 15 is 0 Å². The number of nitrogens with one attached hydrogen (secondary N) is 1. The highest BCUT2D eigenvalue weighted by molar-refractivity contribution is 5.94. The summed E-state index contributed by atoms with van der Waals surface area (Å²) >= 11 is 0. The highest BCUT2D eigenvalue weighted by Crippen LogP contribution is 2.17. The second-order valence-electron chi connectivity index (χ2n) is 5.66. The fourth-order valence-electron chi connectivity index (χ4n) is 2.12. The van der Waals surface area contributed by atoms with Gasteiger partial charge in [0.25, 0.3) is 5.91 Å². The molecule has 1 N–H and O–H groups in total. The smallest absolute Gasteiger partial charge is 0.251 e. The molecule has 0 unspecified atom stereocenters. The van der Waals surface area contributed by atoms with Gasteiger partial charge in [0.15, 0.2) is 0 Å². The van der Waals surface area contributed by atoms with Crippen molar-refractivity contribution in [1.29, 1.82) is 0 Å². The number of carbonyl (C=O) groups excluding carboxylic acids is 1. The molecule has 0 saturated heterocycles. The Morgan fingerprint density at radius 3 is 2.30 bits per heavy atom. The van der Waals surface area contributed by atoms with Gasteiger partial charge < -0.3 is 14.8 Å². The van der Waals surface area contributed by atoms with Gasteiger partial charge in [-0.2, -0.15) is 0 Å². The summed E-state index contributed by atoms with van der Waals surface area (Å²) < 4.78 is 10.8. The topological polar surface area (TPSA) is 47.6 Å². The molecule has 122 valence electrons. The SMILES string of the molecule is COc1ccc(OC[C@@H](C)NC(=O)c2ccc(C)c(C)c2)cc1. The number of hydrogen-bond acceptors (Lipinski definition) is 3. The number of benzene rings is 2. The van der Waals surface area contributed by atoms with Crippen molar-refractivity contribution >= 4 is 5.91 Å². The van der Waals surface area contributed by atoms with E-state index in [2.05, 4.69) is 5.32 Å². The van der Waals surface area contributed by atoms with E-state index in [1.54, 1.807) is 7.11 Å². The van der Waals surface area contributed by atoms with Gasteiger partial charge >= 0.3 is 0 Å². The average Bonchev–Trinajstić information content (AvgIpc) is 2.55. The third-order valence-corrected chi connectivity index (χ3v) is 3.71. The first-order chi connectivity index (χ1) is 11.0. The second-order valence-corrected chi connectivity index (χ2v) is 5.66. The Kier molecular flexibility index (Phi) is 5.63. The summed E-state index contributed by atoms with van der Waals surface area (Å²) in [5.74, 6) is 1.45. The molecular formula is C19H23NO3. The van der Waals surface area contributed by atoms with Crippen molar-refractivity contribution in [2.75, 3.05) is 13.7 Å². The van der Waals surface area contributed by atoms with E-state index in [0.29, 0.717) is 12.2 Å². The van der Waals surface area contributed by atoms with Gasteiger partial charge in [-0.3, -0.25) is 4.79 Å². The Balaban J connectivity index is 1.86. The number of hydrogen-bond donors (Lipinski definition) is 1. The van der Waals surface area contributed by atoms with E-state index in [9.17, 15) is 4.79 Å². The lowest BCUT2D eigenvalue weighted by Gasteiger charge is -2.15. The van der Waals surface area contributed by atoms with Gasteiger partial charge in [-0.15, -0.1) is 0 Å². The van der Waals surface area contributed by atoms with E-state index in [-0.39, 0.29) is 11.9 Å². The third-order valence-electron chi connectivity index (χ3n) is 3.71. The first-order valence-electron chi connectivity index (χ1n) is 7.64. The van der Waals surface area contributed by atoms with Gasteiger partial charge in [0, 0.05) is 5.56 Å². The minimum atomic E-state index is -0.0915. The summed E-state index contributed by atoms with van der Waals surface area (Å²) in [7, 11) is 1.63. The Bertz CT molecular complexity index is 665. The van der Waals surface area contributed by atoms with Crippen molar-refractivity contribution in [3.8, 4) is 11.5 Å². The summed E-state index contributed by atoms with van der Waals surface area (Å²) in [6, 6.07) is 13.0. The van der Waals surface area contributed by atoms with E-state index in [1.807, 2.05) is 63.2 Å². The van der Waals surface area contributed by atoms with Gasteiger partial charge in [-0.25, -0.2) is 0 Å². The van der Waals surface area contributed by atoms with Crippen LogP contribution in [0.1, 0.15) is 28.4 Å². The predicted molar refractivity (Wildman–Crippen MR) is 91.3 cm³/mol. The zero-order chi connectivity index (χ0) is 16.8. The number of carbonyl (C=O) groups is 1. The molecule has 0 radical (unpaired) electrons. The van der Waals surface area contributed by atoms with Crippen LogP contribution in [0.25, 0.3) is 0 Å². The monoisotopic (exact) mass is 313 g/mol. The molecule has 4 heteroatoms. The molecule has 23 heavy (non-hydrogen) atoms. The molecule has 0 bridgehead atoms. The maximum absolute atomic E-state index is 12.2. The molecule has 2 rings (SSSR count). The average molecular weight is 313 g/mol. The number of amides is 1. The Hall–Kier alpha value is -2.49. The van der Waals surface area contributed by atoms with Gasteiger partial charge in [-0.05, 0) is 68.3 Å². The van der Waals surface area contributed by atoms with Crippen molar-refractivity contribution in [2.45, 2.75) is 26.8 Å². The van der Waals surface area contributed by atoms with Crippen LogP contribution in [0.15, 0.2) is 42.5 Å². The molecular weight excluding hydrogens is 290 g/mol. The van der Waals surface area contributed by atoms with Gasteiger partial charge in [0.1, 0.15) is 18.1 Å². The maximum Gasteiger partial charge on any atom is 0.251 e. The van der Waals surface area contributed by atoms with E-state index in [4.69, 9.17) is 9.47 Å². The zero-order valence-corrected chi connectivity index (χ0v) is 14.1. The quantitative estimate of drug-likeness (QED) is 0.888. The predicted octanol–water partition coefficient (Wildman–Crippen LogP) is 3.51. The highest BCUT2D eigenvalue weighted by Gasteiger charge is 2.11. The minimum Gasteiger partial charge on any atom is -0.497 e. The van der Waals surface area contributed by atoms with Gasteiger partial charge in [0.2, 0.25) is 0 Å². The lowest BCUT2D eigenvalue weighted by atomic mass is 10.1. The summed E-state index contributed by atoms with van der Waals surface area (Å²) in [4.78, 5) is 12.2. The van der Waals surface area contributed by atoms with Crippen molar-refractivity contribution in [1.82, 2.24) is 5.32 Å². The molecule has 0 fully saturated rings. The zero-order valence-electron chi connectivity index (χ0n) is 14.1. The summed E-state index contributed by atoms with van der Waals surface area (Å²) in [6.07, 6.45) is 0. The van der Waals surface area contributed by atoms with Gasteiger partial charge in [-0.1, -0.05) is 6.07 Å². The van der Waals surface area contributed by atoms with Crippen LogP contribution < -0.4 is 14.8 Å². The van der Waals surface area contributed by atoms with Crippen LogP contribution in [-0.2, 0) is 0 Å². The van der Waals surface area contributed by atoms with Crippen molar-refractivity contribution in [3.63, 3.8) is 0 Å². The van der Waals surface area contributed by atoms with Crippen molar-refractivity contribution in [3.05, 3.63) is 59.2 Å². The summed E-state index contributed by atoms with van der Waals surface area (Å²) in [5.41, 5.74) is 2.96. The van der Waals surface area contributed by atoms with Crippen LogP contribution in [0.2, 0.25) is 0 Å². The molecule has 0 saturated carbocycles. The van der Waals surface area contributed by atoms with Crippen LogP contribution in [0, 0.1) is 13.8 Å². The molecule has 1 atom stereocenters. The Morgan fingerprint density at radius 1 is 1.04 bits per heavy atom. The lowest BCUT2D eigenvalue weighted by Crippen LogP contribution is -2.36. The van der Waals surface area contributed by atoms with Crippen LogP contribution in [-0.4, -0.2) is 25.7 Å². The molecule has 0 heterocycles. The lowest BCUT2D eigenvalue weighted by molar-refractivity contribution is 0.0926. The molecule has 0 aliphatic heterocycles.